The van der Waals surface area contributed by atoms with Crippen LogP contribution in [0.25, 0.3) is 4.85 Å². The lowest BCUT2D eigenvalue weighted by Gasteiger charge is -2.22. The molecule has 5 nitrogen and oxygen atoms in total. The molecule has 0 fully saturated rings. The molecule has 2 aromatic rings. The predicted molar refractivity (Wildman–Crippen MR) is 65.0 cm³/mol. The minimum absolute atomic E-state index is 0.126. The molecule has 0 atom stereocenters. The van der Waals surface area contributed by atoms with Gasteiger partial charge in [-0.25, -0.2) is 9.24 Å². The second-order valence-electron chi connectivity index (χ2n) is 4.04. The van der Waals surface area contributed by atoms with Crippen molar-refractivity contribution in [3.63, 3.8) is 0 Å². The summed E-state index contributed by atoms with van der Waals surface area (Å²) in [5.41, 5.74) is 0.488. The fourth-order valence-electron chi connectivity index (χ4n) is 2.02. The van der Waals surface area contributed by atoms with E-state index in [0.29, 0.717) is 31.1 Å². The maximum Gasteiger partial charge on any atom is 0.266 e. The lowest BCUT2D eigenvalue weighted by Crippen LogP contribution is -2.18. The molecule has 1 aromatic heterocycles. The van der Waals surface area contributed by atoms with Gasteiger partial charge < -0.3 is 9.47 Å². The van der Waals surface area contributed by atoms with Crippen LogP contribution in [0.15, 0.2) is 24.5 Å². The molecule has 1 aliphatic heterocycles. The molecule has 0 spiro atoms. The first kappa shape index (κ1) is 11.5. The van der Waals surface area contributed by atoms with Gasteiger partial charge in [0.05, 0.1) is 13.1 Å². The maximum absolute atomic E-state index is 13.9. The van der Waals surface area contributed by atoms with Gasteiger partial charge in [0, 0.05) is 18.0 Å². The Kier molecular flexibility index (Phi) is 2.80. The molecule has 6 heteroatoms. The third-order valence-corrected chi connectivity index (χ3v) is 2.82. The minimum Gasteiger partial charge on any atom is -0.497 e. The number of hydrogen-bond acceptors (Lipinski definition) is 3. The van der Waals surface area contributed by atoms with Crippen molar-refractivity contribution in [3.8, 4) is 11.5 Å². The first-order chi connectivity index (χ1) is 9.29. The fourth-order valence-corrected chi connectivity index (χ4v) is 2.02. The normalized spacial score (nSPS) is 13.1. The van der Waals surface area contributed by atoms with Crippen LogP contribution in [0.3, 0.4) is 0 Å². The van der Waals surface area contributed by atoms with Gasteiger partial charge in [0.1, 0.15) is 19.0 Å². The highest BCUT2D eigenvalue weighted by atomic mass is 19.1. The van der Waals surface area contributed by atoms with Crippen LogP contribution >= 0.6 is 0 Å². The monoisotopic (exact) mass is 259 g/mol. The standard InChI is InChI=1S/C13H10FN3O2/c1-15-11-10(14)7-9(8-17-4-2-3-16-17)12-13(11)19-6-5-18-12/h2-4,7H,5-6,8H2. The molecule has 1 aromatic carbocycles. The van der Waals surface area contributed by atoms with Gasteiger partial charge >= 0.3 is 0 Å². The van der Waals surface area contributed by atoms with Gasteiger partial charge in [-0.1, -0.05) is 0 Å². The SMILES string of the molecule is [C-]#[N+]c1c(F)cc(Cn2cccn2)c2c1OCCO2. The zero-order valence-electron chi connectivity index (χ0n) is 9.97. The molecule has 0 amide bonds. The Morgan fingerprint density at radius 3 is 2.84 bits per heavy atom. The molecule has 0 saturated heterocycles. The molecule has 96 valence electrons. The van der Waals surface area contributed by atoms with E-state index >= 15 is 0 Å². The summed E-state index contributed by atoms with van der Waals surface area (Å²) in [7, 11) is 0. The Balaban J connectivity index is 2.10. The zero-order chi connectivity index (χ0) is 13.2. The number of benzene rings is 1. The lowest BCUT2D eigenvalue weighted by atomic mass is 10.1. The van der Waals surface area contributed by atoms with Crippen molar-refractivity contribution in [2.24, 2.45) is 0 Å². The summed E-state index contributed by atoms with van der Waals surface area (Å²) < 4.78 is 26.4. The molecule has 1 aliphatic rings. The topological polar surface area (TPSA) is 40.6 Å². The van der Waals surface area contributed by atoms with Crippen LogP contribution in [-0.2, 0) is 6.54 Å². The van der Waals surface area contributed by atoms with Crippen LogP contribution in [0.1, 0.15) is 5.56 Å². The van der Waals surface area contributed by atoms with E-state index in [0.717, 1.165) is 0 Å². The average Bonchev–Trinajstić information content (AvgIpc) is 2.92. The summed E-state index contributed by atoms with van der Waals surface area (Å²) in [4.78, 5) is 3.17. The first-order valence-corrected chi connectivity index (χ1v) is 5.75. The Labute approximate surface area is 109 Å². The molecule has 2 heterocycles. The minimum atomic E-state index is -0.596. The summed E-state index contributed by atoms with van der Waals surface area (Å²) in [5, 5.41) is 4.07. The Morgan fingerprint density at radius 2 is 2.16 bits per heavy atom. The summed E-state index contributed by atoms with van der Waals surface area (Å²) >= 11 is 0. The van der Waals surface area contributed by atoms with E-state index in [4.69, 9.17) is 16.0 Å². The van der Waals surface area contributed by atoms with Crippen LogP contribution in [0.5, 0.6) is 11.5 Å². The van der Waals surface area contributed by atoms with Crippen LogP contribution in [0.2, 0.25) is 0 Å². The van der Waals surface area contributed by atoms with Crippen LogP contribution in [0.4, 0.5) is 10.1 Å². The summed E-state index contributed by atoms with van der Waals surface area (Å²) in [6.07, 6.45) is 3.42. The van der Waals surface area contributed by atoms with Crippen molar-refractivity contribution in [3.05, 3.63) is 47.3 Å². The van der Waals surface area contributed by atoms with Crippen LogP contribution in [0, 0.1) is 12.4 Å². The quantitative estimate of drug-likeness (QED) is 0.777. The molecule has 0 saturated carbocycles. The van der Waals surface area contributed by atoms with Gasteiger partial charge in [0.25, 0.3) is 5.69 Å². The van der Waals surface area contributed by atoms with Crippen molar-refractivity contribution in [1.29, 1.82) is 0 Å². The summed E-state index contributed by atoms with van der Waals surface area (Å²) in [6, 6.07) is 3.09. The summed E-state index contributed by atoms with van der Waals surface area (Å²) in [6.45, 7) is 8.10. The number of ether oxygens (including phenoxy) is 2. The molecular weight excluding hydrogens is 249 g/mol. The second kappa shape index (κ2) is 4.61. The smallest absolute Gasteiger partial charge is 0.266 e. The van der Waals surface area contributed by atoms with E-state index < -0.39 is 5.82 Å². The maximum atomic E-state index is 13.9. The van der Waals surface area contributed by atoms with Gasteiger partial charge in [-0.3, -0.25) is 4.68 Å². The average molecular weight is 259 g/mol. The highest BCUT2D eigenvalue weighted by Gasteiger charge is 2.24. The van der Waals surface area contributed by atoms with Crippen molar-refractivity contribution in [1.82, 2.24) is 9.78 Å². The Bertz CT molecular complexity index is 647. The third-order valence-electron chi connectivity index (χ3n) is 2.82. The van der Waals surface area contributed by atoms with E-state index in [1.54, 1.807) is 23.1 Å². The highest BCUT2D eigenvalue weighted by Crippen LogP contribution is 2.44. The van der Waals surface area contributed by atoms with Gasteiger partial charge in [0.15, 0.2) is 11.5 Å². The predicted octanol–water partition coefficient (Wildman–Crippen LogP) is 2.39. The first-order valence-electron chi connectivity index (χ1n) is 5.75. The van der Waals surface area contributed by atoms with E-state index in [1.165, 1.54) is 6.07 Å². The molecule has 0 unspecified atom stereocenters. The largest absolute Gasteiger partial charge is 0.497 e. The number of aromatic nitrogens is 2. The number of rotatable bonds is 2. The van der Waals surface area contributed by atoms with Crippen LogP contribution in [-0.4, -0.2) is 23.0 Å². The van der Waals surface area contributed by atoms with Gasteiger partial charge in [-0.2, -0.15) is 5.10 Å². The number of fused-ring (bicyclic) bond motifs is 1. The molecule has 0 radical (unpaired) electrons. The van der Waals surface area contributed by atoms with Gasteiger partial charge in [-0.05, 0) is 12.1 Å². The molecular formula is C13H10FN3O2. The lowest BCUT2D eigenvalue weighted by molar-refractivity contribution is 0.170. The highest BCUT2D eigenvalue weighted by molar-refractivity contribution is 5.68. The number of halogens is 1. The molecule has 0 bridgehead atoms. The summed E-state index contributed by atoms with van der Waals surface area (Å²) in [5.74, 6) is 0.0407. The molecule has 0 aliphatic carbocycles. The Hall–Kier alpha value is -2.55. The fraction of sp³-hybridized carbons (Fsp3) is 0.231. The Morgan fingerprint density at radius 1 is 1.37 bits per heavy atom. The van der Waals surface area contributed by atoms with Crippen molar-refractivity contribution in [2.45, 2.75) is 6.54 Å². The van der Waals surface area contributed by atoms with Crippen molar-refractivity contribution in [2.75, 3.05) is 13.2 Å². The number of nitrogens with zero attached hydrogens (tertiary/aromatic N) is 3. The van der Waals surface area contributed by atoms with E-state index in [2.05, 4.69) is 9.94 Å². The third kappa shape index (κ3) is 1.99. The van der Waals surface area contributed by atoms with E-state index in [-0.39, 0.29) is 11.4 Å². The zero-order valence-corrected chi connectivity index (χ0v) is 9.97. The number of hydrogen-bond donors (Lipinski definition) is 0. The molecule has 19 heavy (non-hydrogen) atoms. The second-order valence-corrected chi connectivity index (χ2v) is 4.04. The van der Waals surface area contributed by atoms with Gasteiger partial charge in [-0.15, -0.1) is 0 Å². The van der Waals surface area contributed by atoms with Gasteiger partial charge in [0.2, 0.25) is 0 Å². The van der Waals surface area contributed by atoms with Crippen molar-refractivity contribution < 1.29 is 13.9 Å². The molecule has 3 rings (SSSR count). The van der Waals surface area contributed by atoms with E-state index in [1.807, 2.05) is 0 Å². The molecule has 0 N–H and O–H groups in total. The van der Waals surface area contributed by atoms with Crippen LogP contribution < -0.4 is 9.47 Å². The van der Waals surface area contributed by atoms with Crippen molar-refractivity contribution >= 4 is 5.69 Å². The van der Waals surface area contributed by atoms with E-state index in [9.17, 15) is 4.39 Å².